The number of aryl methyl sites for hydroxylation is 1. The Balaban J connectivity index is 1.67. The van der Waals surface area contributed by atoms with Gasteiger partial charge in [-0.3, -0.25) is 9.78 Å². The molecule has 3 aromatic rings. The lowest BCUT2D eigenvalue weighted by Gasteiger charge is -2.35. The van der Waals surface area contributed by atoms with E-state index in [9.17, 15) is 4.79 Å². The molecule has 1 aliphatic heterocycles. The molecule has 0 unspecified atom stereocenters. The lowest BCUT2D eigenvalue weighted by molar-refractivity contribution is 0.327. The van der Waals surface area contributed by atoms with E-state index in [1.54, 1.807) is 12.3 Å². The first kappa shape index (κ1) is 18.9. The first-order chi connectivity index (χ1) is 14.1. The van der Waals surface area contributed by atoms with E-state index in [-0.39, 0.29) is 5.56 Å². The average molecular weight is 400 g/mol. The van der Waals surface area contributed by atoms with Crippen molar-refractivity contribution in [3.8, 4) is 17.2 Å². The molecule has 1 fully saturated rings. The minimum atomic E-state index is -0.283. The summed E-state index contributed by atoms with van der Waals surface area (Å²) in [6.07, 6.45) is 3.72. The Morgan fingerprint density at radius 3 is 2.28 bits per heavy atom. The van der Waals surface area contributed by atoms with Crippen molar-refractivity contribution in [1.29, 1.82) is 0 Å². The molecule has 2 aromatic heterocycles. The van der Waals surface area contributed by atoms with Crippen LogP contribution in [0.1, 0.15) is 0 Å². The smallest absolute Gasteiger partial charge is 0.264 e. The number of rotatable bonds is 5. The SMILES string of the molecule is COc1cc2nc(N3CCN(c4nccn4C)CC3)[nH]c(=O)c2c(OC)c1OC. The van der Waals surface area contributed by atoms with Crippen LogP contribution < -0.4 is 29.6 Å². The molecule has 10 nitrogen and oxygen atoms in total. The van der Waals surface area contributed by atoms with Gasteiger partial charge in [-0.25, -0.2) is 9.97 Å². The number of benzene rings is 1. The highest BCUT2D eigenvalue weighted by Crippen LogP contribution is 2.41. The number of aromatic nitrogens is 4. The highest BCUT2D eigenvalue weighted by molar-refractivity contribution is 5.90. The number of methoxy groups -OCH3 is 3. The zero-order chi connectivity index (χ0) is 20.5. The zero-order valence-electron chi connectivity index (χ0n) is 16.9. The first-order valence-corrected chi connectivity index (χ1v) is 9.27. The molecule has 0 spiro atoms. The van der Waals surface area contributed by atoms with Gasteiger partial charge in [-0.15, -0.1) is 0 Å². The van der Waals surface area contributed by atoms with E-state index < -0.39 is 0 Å². The summed E-state index contributed by atoms with van der Waals surface area (Å²) in [5, 5.41) is 0.334. The van der Waals surface area contributed by atoms with Crippen molar-refractivity contribution in [3.05, 3.63) is 28.8 Å². The molecule has 29 heavy (non-hydrogen) atoms. The average Bonchev–Trinajstić information content (AvgIpc) is 3.18. The predicted octanol–water partition coefficient (Wildman–Crippen LogP) is 1.01. The molecule has 3 heterocycles. The Morgan fingerprint density at radius 1 is 1.00 bits per heavy atom. The number of aromatic amines is 1. The van der Waals surface area contributed by atoms with Crippen LogP contribution >= 0.6 is 0 Å². The number of imidazole rings is 1. The van der Waals surface area contributed by atoms with Crippen LogP contribution in [0, 0.1) is 0 Å². The van der Waals surface area contributed by atoms with Crippen molar-refractivity contribution >= 4 is 22.8 Å². The van der Waals surface area contributed by atoms with E-state index >= 15 is 0 Å². The largest absolute Gasteiger partial charge is 0.493 e. The molecule has 1 aromatic carbocycles. The topological polar surface area (TPSA) is 97.7 Å². The monoisotopic (exact) mass is 400 g/mol. The quantitative estimate of drug-likeness (QED) is 0.678. The van der Waals surface area contributed by atoms with Crippen LogP contribution in [0.3, 0.4) is 0 Å². The summed E-state index contributed by atoms with van der Waals surface area (Å²) < 4.78 is 18.2. The van der Waals surface area contributed by atoms with Gasteiger partial charge in [0.15, 0.2) is 11.5 Å². The van der Waals surface area contributed by atoms with Gasteiger partial charge in [-0.1, -0.05) is 0 Å². The lowest BCUT2D eigenvalue weighted by atomic mass is 10.2. The van der Waals surface area contributed by atoms with E-state index in [0.717, 1.165) is 19.0 Å². The maximum absolute atomic E-state index is 12.9. The number of nitrogens with zero attached hydrogens (tertiary/aromatic N) is 5. The summed E-state index contributed by atoms with van der Waals surface area (Å²) in [5.74, 6) is 2.59. The van der Waals surface area contributed by atoms with E-state index in [1.807, 2.05) is 17.8 Å². The maximum Gasteiger partial charge on any atom is 0.264 e. The van der Waals surface area contributed by atoms with Gasteiger partial charge in [0.25, 0.3) is 5.56 Å². The van der Waals surface area contributed by atoms with Crippen LogP contribution in [0.15, 0.2) is 23.3 Å². The summed E-state index contributed by atoms with van der Waals surface area (Å²) in [7, 11) is 6.50. The van der Waals surface area contributed by atoms with E-state index in [4.69, 9.17) is 14.2 Å². The first-order valence-electron chi connectivity index (χ1n) is 9.27. The minimum absolute atomic E-state index is 0.283. The fraction of sp³-hybridized carbons (Fsp3) is 0.421. The van der Waals surface area contributed by atoms with Gasteiger partial charge < -0.3 is 28.6 Å². The normalized spacial score (nSPS) is 14.3. The van der Waals surface area contributed by atoms with Crippen LogP contribution in [0.2, 0.25) is 0 Å². The summed E-state index contributed by atoms with van der Waals surface area (Å²) in [4.78, 5) is 29.1. The Labute approximate surface area is 167 Å². The summed E-state index contributed by atoms with van der Waals surface area (Å²) >= 11 is 0. The highest BCUT2D eigenvalue weighted by Gasteiger charge is 2.24. The van der Waals surface area contributed by atoms with Gasteiger partial charge in [0.05, 0.1) is 26.8 Å². The van der Waals surface area contributed by atoms with Crippen molar-refractivity contribution in [3.63, 3.8) is 0 Å². The molecule has 1 saturated heterocycles. The second-order valence-electron chi connectivity index (χ2n) is 6.74. The molecular formula is C19H24N6O4. The number of hydrogen-bond donors (Lipinski definition) is 1. The third kappa shape index (κ3) is 3.20. The molecule has 1 N–H and O–H groups in total. The van der Waals surface area contributed by atoms with Crippen molar-refractivity contribution in [2.24, 2.45) is 7.05 Å². The van der Waals surface area contributed by atoms with Crippen molar-refractivity contribution in [1.82, 2.24) is 19.5 Å². The zero-order valence-corrected chi connectivity index (χ0v) is 16.9. The highest BCUT2D eigenvalue weighted by atomic mass is 16.5. The maximum atomic E-state index is 12.9. The summed E-state index contributed by atoms with van der Waals surface area (Å²) in [6.45, 7) is 2.99. The van der Waals surface area contributed by atoms with Crippen LogP contribution in [0.25, 0.3) is 10.9 Å². The van der Waals surface area contributed by atoms with Gasteiger partial charge in [0.2, 0.25) is 17.6 Å². The molecule has 10 heteroatoms. The van der Waals surface area contributed by atoms with Gasteiger partial charge in [0.1, 0.15) is 5.39 Å². The van der Waals surface area contributed by atoms with Gasteiger partial charge in [-0.2, -0.15) is 0 Å². The molecule has 0 radical (unpaired) electrons. The molecular weight excluding hydrogens is 376 g/mol. The molecule has 0 bridgehead atoms. The number of ether oxygens (including phenoxy) is 3. The predicted molar refractivity (Wildman–Crippen MR) is 110 cm³/mol. The van der Waals surface area contributed by atoms with Crippen molar-refractivity contribution in [2.75, 3.05) is 57.3 Å². The molecule has 0 amide bonds. The number of H-pyrrole nitrogens is 1. The van der Waals surface area contributed by atoms with Gasteiger partial charge in [-0.05, 0) is 0 Å². The number of nitrogens with one attached hydrogen (secondary N) is 1. The van der Waals surface area contributed by atoms with Crippen LogP contribution in [-0.4, -0.2) is 67.0 Å². The Kier molecular flexibility index (Phi) is 4.91. The number of fused-ring (bicyclic) bond motifs is 1. The molecule has 154 valence electrons. The summed E-state index contributed by atoms with van der Waals surface area (Å²) in [6, 6.07) is 1.69. The fourth-order valence-corrected chi connectivity index (χ4v) is 3.69. The second kappa shape index (κ2) is 7.53. The minimum Gasteiger partial charge on any atom is -0.493 e. The number of anilines is 2. The van der Waals surface area contributed by atoms with Crippen LogP contribution in [-0.2, 0) is 7.05 Å². The molecule has 0 aliphatic carbocycles. The van der Waals surface area contributed by atoms with Gasteiger partial charge in [0, 0.05) is 51.7 Å². The third-order valence-electron chi connectivity index (χ3n) is 5.15. The lowest BCUT2D eigenvalue weighted by Crippen LogP contribution is -2.48. The second-order valence-corrected chi connectivity index (χ2v) is 6.74. The number of piperazine rings is 1. The van der Waals surface area contributed by atoms with Crippen molar-refractivity contribution in [2.45, 2.75) is 0 Å². The Hall–Kier alpha value is -3.43. The number of hydrogen-bond acceptors (Lipinski definition) is 8. The molecule has 0 atom stereocenters. The standard InChI is InChI=1S/C19H24N6O4/c1-23-6-5-20-19(23)25-9-7-24(8-10-25)18-21-12-11-13(27-2)15(28-3)16(29-4)14(12)17(26)22-18/h5-6,11H,7-10H2,1-4H3,(H,21,22,26). The Bertz CT molecular complexity index is 1080. The van der Waals surface area contributed by atoms with E-state index in [0.29, 0.717) is 47.2 Å². The molecule has 0 saturated carbocycles. The third-order valence-corrected chi connectivity index (χ3v) is 5.15. The molecule has 4 rings (SSSR count). The molecule has 1 aliphatic rings. The van der Waals surface area contributed by atoms with Crippen LogP contribution in [0.4, 0.5) is 11.9 Å². The van der Waals surface area contributed by atoms with Gasteiger partial charge >= 0.3 is 0 Å². The van der Waals surface area contributed by atoms with Crippen LogP contribution in [0.5, 0.6) is 17.2 Å². The Morgan fingerprint density at radius 2 is 1.69 bits per heavy atom. The summed E-state index contributed by atoms with van der Waals surface area (Å²) in [5.41, 5.74) is 0.208. The van der Waals surface area contributed by atoms with Crippen molar-refractivity contribution < 1.29 is 14.2 Å². The van der Waals surface area contributed by atoms with E-state index in [2.05, 4.69) is 24.8 Å². The fourth-order valence-electron chi connectivity index (χ4n) is 3.69. The van der Waals surface area contributed by atoms with E-state index in [1.165, 1.54) is 21.3 Å².